The number of methoxy groups -OCH3 is 1. The Bertz CT molecular complexity index is 1310. The Balaban J connectivity index is 2.27. The van der Waals surface area contributed by atoms with Gasteiger partial charge in [-0.15, -0.1) is 0 Å². The van der Waals surface area contributed by atoms with Crippen molar-refractivity contribution in [2.24, 2.45) is 41.1 Å². The predicted molar refractivity (Wildman–Crippen MR) is 205 cm³/mol. The number of rotatable bonds is 24. The van der Waals surface area contributed by atoms with Gasteiger partial charge in [-0.1, -0.05) is 27.7 Å². The van der Waals surface area contributed by atoms with Crippen LogP contribution in [0.25, 0.3) is 0 Å². The lowest BCUT2D eigenvalue weighted by Gasteiger charge is -2.35. The number of hydrogen-bond donors (Lipinski definition) is 5. The third-order valence-corrected chi connectivity index (χ3v) is 9.36. The van der Waals surface area contributed by atoms with Gasteiger partial charge in [0.05, 0.1) is 43.6 Å². The first kappa shape index (κ1) is 46.7. The van der Waals surface area contributed by atoms with Crippen LogP contribution in [0.2, 0.25) is 0 Å². The Hall–Kier alpha value is -3.50. The molecule has 1 aromatic rings. The molecule has 1 saturated heterocycles. The Morgan fingerprint density at radius 3 is 2.22 bits per heavy atom. The smallest absolute Gasteiger partial charge is 0.312 e. The molecule has 0 aliphatic carbocycles. The van der Waals surface area contributed by atoms with E-state index in [2.05, 4.69) is 15.5 Å². The number of ether oxygens (including phenoxy) is 5. The van der Waals surface area contributed by atoms with Crippen molar-refractivity contribution in [1.82, 2.24) is 15.5 Å². The molecule has 1 aliphatic rings. The number of amides is 3. The second-order valence-corrected chi connectivity index (χ2v) is 15.6. The number of nitrogens with zero attached hydrogens (tertiary/aromatic N) is 1. The number of carbonyl (C=O) groups is 4. The third-order valence-electron chi connectivity index (χ3n) is 9.36. The SMILES string of the molecule is COCCCCOc1cc(OCC(N)=O)ccc1C(=O)NC(N)[C@@H](C[C@H](C(=O)OC(C)(C)C)[C@@H](O)C[C@H](C(=O)NCCN1CCOCC1)C(C)C)C(C)C. The maximum absolute atomic E-state index is 13.7. The molecule has 0 spiro atoms. The summed E-state index contributed by atoms with van der Waals surface area (Å²) in [5.41, 5.74) is 11.3. The largest absolute Gasteiger partial charge is 0.493 e. The lowest BCUT2D eigenvalue weighted by atomic mass is 9.78. The van der Waals surface area contributed by atoms with Gasteiger partial charge >= 0.3 is 5.97 Å². The normalized spacial score (nSPS) is 16.6. The molecular weight excluding hydrogens is 698 g/mol. The summed E-state index contributed by atoms with van der Waals surface area (Å²) in [4.78, 5) is 54.4. The molecule has 0 saturated carbocycles. The zero-order valence-corrected chi connectivity index (χ0v) is 33.7. The van der Waals surface area contributed by atoms with Crippen molar-refractivity contribution in [3.63, 3.8) is 0 Å². The van der Waals surface area contributed by atoms with Gasteiger partial charge in [0.2, 0.25) is 5.91 Å². The number of nitrogens with one attached hydrogen (secondary N) is 2. The van der Waals surface area contributed by atoms with Crippen LogP contribution in [0.15, 0.2) is 18.2 Å². The molecule has 1 fully saturated rings. The number of esters is 1. The van der Waals surface area contributed by atoms with E-state index in [9.17, 15) is 24.3 Å². The predicted octanol–water partition coefficient (Wildman–Crippen LogP) is 2.46. The third kappa shape index (κ3) is 16.9. The Labute approximate surface area is 321 Å². The van der Waals surface area contributed by atoms with Gasteiger partial charge in [0.25, 0.3) is 11.8 Å². The van der Waals surface area contributed by atoms with E-state index in [0.29, 0.717) is 51.7 Å². The summed E-state index contributed by atoms with van der Waals surface area (Å²) in [5, 5.41) is 17.6. The van der Waals surface area contributed by atoms with Crippen LogP contribution in [0, 0.1) is 29.6 Å². The van der Waals surface area contributed by atoms with Crippen molar-refractivity contribution in [3.05, 3.63) is 23.8 Å². The molecule has 0 bridgehead atoms. The van der Waals surface area contributed by atoms with Crippen LogP contribution >= 0.6 is 0 Å². The van der Waals surface area contributed by atoms with E-state index in [-0.39, 0.29) is 48.5 Å². The fraction of sp³-hybridized carbons (Fsp3) is 0.744. The van der Waals surface area contributed by atoms with Gasteiger partial charge in [-0.2, -0.15) is 0 Å². The molecule has 308 valence electrons. The van der Waals surface area contributed by atoms with Crippen molar-refractivity contribution in [2.75, 3.05) is 66.3 Å². The molecule has 2 rings (SSSR count). The molecule has 7 N–H and O–H groups in total. The summed E-state index contributed by atoms with van der Waals surface area (Å²) >= 11 is 0. The average Bonchev–Trinajstić information content (AvgIpc) is 3.09. The number of hydrogen-bond acceptors (Lipinski definition) is 12. The zero-order chi connectivity index (χ0) is 40.4. The van der Waals surface area contributed by atoms with Gasteiger partial charge in [-0.25, -0.2) is 0 Å². The molecule has 1 aromatic carbocycles. The minimum absolute atomic E-state index is 0.0344. The summed E-state index contributed by atoms with van der Waals surface area (Å²) in [6.07, 6.45) is -0.641. The van der Waals surface area contributed by atoms with E-state index in [4.69, 9.17) is 35.2 Å². The Morgan fingerprint density at radius 1 is 0.963 bits per heavy atom. The van der Waals surface area contributed by atoms with Crippen molar-refractivity contribution >= 4 is 23.7 Å². The highest BCUT2D eigenvalue weighted by atomic mass is 16.6. The quantitative estimate of drug-likeness (QED) is 0.0584. The maximum atomic E-state index is 13.7. The van der Waals surface area contributed by atoms with E-state index >= 15 is 0 Å². The molecular formula is C39H67N5O10. The highest BCUT2D eigenvalue weighted by molar-refractivity contribution is 5.97. The maximum Gasteiger partial charge on any atom is 0.312 e. The van der Waals surface area contributed by atoms with E-state index in [1.807, 2.05) is 27.7 Å². The second kappa shape index (κ2) is 23.4. The molecule has 1 heterocycles. The highest BCUT2D eigenvalue weighted by Gasteiger charge is 2.39. The molecule has 3 amide bonds. The van der Waals surface area contributed by atoms with Crippen LogP contribution in [0.1, 0.15) is 84.5 Å². The van der Waals surface area contributed by atoms with Crippen molar-refractivity contribution < 1.29 is 48.0 Å². The molecule has 1 unspecified atom stereocenters. The van der Waals surface area contributed by atoms with Crippen LogP contribution in [-0.4, -0.2) is 118 Å². The number of primary amides is 1. The van der Waals surface area contributed by atoms with Crippen LogP contribution in [0.3, 0.4) is 0 Å². The summed E-state index contributed by atoms with van der Waals surface area (Å²) in [6.45, 7) is 17.5. The summed E-state index contributed by atoms with van der Waals surface area (Å²) in [7, 11) is 1.61. The van der Waals surface area contributed by atoms with Gasteiger partial charge in [-0.05, 0) is 76.3 Å². The van der Waals surface area contributed by atoms with E-state index in [0.717, 1.165) is 19.5 Å². The highest BCUT2D eigenvalue weighted by Crippen LogP contribution is 2.32. The number of aliphatic hydroxyl groups is 1. The first-order valence-electron chi connectivity index (χ1n) is 19.2. The molecule has 54 heavy (non-hydrogen) atoms. The minimum Gasteiger partial charge on any atom is -0.493 e. The van der Waals surface area contributed by atoms with Crippen molar-refractivity contribution in [2.45, 2.75) is 92.0 Å². The summed E-state index contributed by atoms with van der Waals surface area (Å²) in [5.74, 6) is -3.79. The Morgan fingerprint density at radius 2 is 1.63 bits per heavy atom. The molecule has 0 aromatic heterocycles. The molecule has 15 nitrogen and oxygen atoms in total. The van der Waals surface area contributed by atoms with Crippen LogP contribution in [0.4, 0.5) is 0 Å². The number of morpholine rings is 1. The topological polar surface area (TPSA) is 214 Å². The van der Waals surface area contributed by atoms with Gasteiger partial charge < -0.3 is 50.9 Å². The average molecular weight is 766 g/mol. The first-order chi connectivity index (χ1) is 25.4. The van der Waals surface area contributed by atoms with E-state index in [1.54, 1.807) is 27.9 Å². The summed E-state index contributed by atoms with van der Waals surface area (Å²) in [6, 6.07) is 4.55. The number of benzene rings is 1. The fourth-order valence-corrected chi connectivity index (χ4v) is 6.23. The van der Waals surface area contributed by atoms with Crippen molar-refractivity contribution in [3.8, 4) is 11.5 Å². The summed E-state index contributed by atoms with van der Waals surface area (Å²) < 4.78 is 27.7. The van der Waals surface area contributed by atoms with Gasteiger partial charge in [-0.3, -0.25) is 24.1 Å². The van der Waals surface area contributed by atoms with E-state index < -0.39 is 53.4 Å². The monoisotopic (exact) mass is 765 g/mol. The van der Waals surface area contributed by atoms with Crippen LogP contribution in [-0.2, 0) is 28.6 Å². The lowest BCUT2D eigenvalue weighted by molar-refractivity contribution is -0.166. The lowest BCUT2D eigenvalue weighted by Crippen LogP contribution is -2.50. The zero-order valence-electron chi connectivity index (χ0n) is 33.7. The number of aliphatic hydroxyl groups excluding tert-OH is 1. The van der Waals surface area contributed by atoms with Crippen LogP contribution in [0.5, 0.6) is 11.5 Å². The number of nitrogens with two attached hydrogens (primary N) is 2. The second-order valence-electron chi connectivity index (χ2n) is 15.6. The molecule has 1 aliphatic heterocycles. The van der Waals surface area contributed by atoms with Crippen LogP contribution < -0.4 is 31.6 Å². The van der Waals surface area contributed by atoms with Gasteiger partial charge in [0, 0.05) is 51.9 Å². The van der Waals surface area contributed by atoms with Gasteiger partial charge in [0.15, 0.2) is 6.61 Å². The van der Waals surface area contributed by atoms with Gasteiger partial charge in [0.1, 0.15) is 17.1 Å². The Kier molecular flexibility index (Phi) is 20.2. The van der Waals surface area contributed by atoms with Crippen molar-refractivity contribution in [1.29, 1.82) is 0 Å². The molecule has 5 atom stereocenters. The number of carbonyl (C=O) groups excluding carboxylic acids is 4. The minimum atomic E-state index is -1.23. The number of unbranched alkanes of at least 4 members (excludes halogenated alkanes) is 1. The standard InChI is InChI=1S/C39H67N5O10/c1-25(2)29(35(41)43-37(48)28-12-11-27(53-24-34(40)46)21-33(28)52-18-10-9-17-50-8)22-31(38(49)54-39(5,6)7)32(45)23-30(26(3)4)36(47)42-13-14-44-15-19-51-20-16-44/h11-12,21,25-26,29-32,35,45H,9-10,13-20,22-24,41H2,1-8H3,(H2,40,46)(H,42,47)(H,43,48)/t29-,30-,31-,32-,35?/m0/s1. The first-order valence-corrected chi connectivity index (χ1v) is 19.2. The molecule has 0 radical (unpaired) electrons. The van der Waals surface area contributed by atoms with E-state index in [1.165, 1.54) is 18.2 Å². The fourth-order valence-electron chi connectivity index (χ4n) is 6.23. The molecule has 15 heteroatoms.